The zero-order chi connectivity index (χ0) is 15.9. The van der Waals surface area contributed by atoms with Crippen molar-refractivity contribution < 1.29 is 14.6 Å². The van der Waals surface area contributed by atoms with E-state index in [9.17, 15) is 4.79 Å². The van der Waals surface area contributed by atoms with Gasteiger partial charge in [-0.3, -0.25) is 4.79 Å². The van der Waals surface area contributed by atoms with Crippen LogP contribution in [0, 0.1) is 0 Å². The maximum absolute atomic E-state index is 10.5. The largest absolute Gasteiger partial charge is 0.488 e. The Labute approximate surface area is 142 Å². The lowest BCUT2D eigenvalue weighted by atomic mass is 10.2. The summed E-state index contributed by atoms with van der Waals surface area (Å²) in [6, 6.07) is 13.2. The molecule has 0 saturated heterocycles. The molecule has 2 aromatic rings. The van der Waals surface area contributed by atoms with Gasteiger partial charge in [0.15, 0.2) is 0 Å². The Morgan fingerprint density at radius 3 is 2.50 bits per heavy atom. The minimum Gasteiger partial charge on any atom is -0.488 e. The molecule has 4 nitrogen and oxygen atoms in total. The lowest BCUT2D eigenvalue weighted by molar-refractivity contribution is -0.135. The third kappa shape index (κ3) is 5.33. The van der Waals surface area contributed by atoms with E-state index in [0.717, 1.165) is 21.3 Å². The normalized spacial score (nSPS) is 10.5. The Balaban J connectivity index is 1.91. The van der Waals surface area contributed by atoms with E-state index in [1.54, 1.807) is 0 Å². The predicted molar refractivity (Wildman–Crippen MR) is 89.3 cm³/mol. The van der Waals surface area contributed by atoms with Gasteiger partial charge in [0.1, 0.15) is 12.4 Å². The second kappa shape index (κ2) is 8.17. The van der Waals surface area contributed by atoms with Gasteiger partial charge in [-0.2, -0.15) is 0 Å². The molecule has 0 bridgehead atoms. The third-order valence-electron chi connectivity index (χ3n) is 2.91. The van der Waals surface area contributed by atoms with E-state index in [1.807, 2.05) is 42.5 Å². The SMILES string of the molecule is O=C(O)CNCc1ccc(OCc2ccc(Cl)cc2)c(Br)c1. The van der Waals surface area contributed by atoms with Crippen LogP contribution in [0.2, 0.25) is 5.02 Å². The summed E-state index contributed by atoms with van der Waals surface area (Å²) in [6.07, 6.45) is 0. The van der Waals surface area contributed by atoms with Gasteiger partial charge in [0.25, 0.3) is 0 Å². The van der Waals surface area contributed by atoms with Gasteiger partial charge >= 0.3 is 5.97 Å². The summed E-state index contributed by atoms with van der Waals surface area (Å²) in [5, 5.41) is 12.1. The molecule has 2 rings (SSSR count). The smallest absolute Gasteiger partial charge is 0.317 e. The third-order valence-corrected chi connectivity index (χ3v) is 3.78. The van der Waals surface area contributed by atoms with Crippen molar-refractivity contribution in [2.75, 3.05) is 6.54 Å². The molecule has 0 heterocycles. The fourth-order valence-corrected chi connectivity index (χ4v) is 2.49. The van der Waals surface area contributed by atoms with Crippen molar-refractivity contribution >= 4 is 33.5 Å². The lowest BCUT2D eigenvalue weighted by Gasteiger charge is -2.10. The number of carbonyl (C=O) groups is 1. The van der Waals surface area contributed by atoms with Gasteiger partial charge in [0.05, 0.1) is 11.0 Å². The van der Waals surface area contributed by atoms with E-state index >= 15 is 0 Å². The molecule has 0 radical (unpaired) electrons. The highest BCUT2D eigenvalue weighted by atomic mass is 79.9. The lowest BCUT2D eigenvalue weighted by Crippen LogP contribution is -2.21. The summed E-state index contributed by atoms with van der Waals surface area (Å²) in [5.41, 5.74) is 2.01. The summed E-state index contributed by atoms with van der Waals surface area (Å²) in [5.74, 6) is -0.140. The second-order valence-corrected chi connectivity index (χ2v) is 5.97. The zero-order valence-electron chi connectivity index (χ0n) is 11.7. The average molecular weight is 385 g/mol. The molecule has 0 amide bonds. The van der Waals surface area contributed by atoms with E-state index in [1.165, 1.54) is 0 Å². The Morgan fingerprint density at radius 2 is 1.86 bits per heavy atom. The monoisotopic (exact) mass is 383 g/mol. The highest BCUT2D eigenvalue weighted by molar-refractivity contribution is 9.10. The van der Waals surface area contributed by atoms with Crippen molar-refractivity contribution in [3.05, 3.63) is 63.1 Å². The first-order valence-electron chi connectivity index (χ1n) is 6.63. The first-order valence-corrected chi connectivity index (χ1v) is 7.80. The number of benzene rings is 2. The van der Waals surface area contributed by atoms with Gasteiger partial charge < -0.3 is 15.2 Å². The number of hydrogen-bond donors (Lipinski definition) is 2. The van der Waals surface area contributed by atoms with Gasteiger partial charge in [-0.15, -0.1) is 0 Å². The van der Waals surface area contributed by atoms with Gasteiger partial charge in [-0.25, -0.2) is 0 Å². The molecular formula is C16H15BrClNO3. The summed E-state index contributed by atoms with van der Waals surface area (Å²) in [7, 11) is 0. The maximum atomic E-state index is 10.5. The van der Waals surface area contributed by atoms with Crippen LogP contribution in [0.15, 0.2) is 46.9 Å². The van der Waals surface area contributed by atoms with E-state index in [4.69, 9.17) is 21.4 Å². The van der Waals surface area contributed by atoms with Crippen molar-refractivity contribution in [2.24, 2.45) is 0 Å². The van der Waals surface area contributed by atoms with Crippen LogP contribution in [0.5, 0.6) is 5.75 Å². The van der Waals surface area contributed by atoms with Gasteiger partial charge in [-0.05, 0) is 51.3 Å². The molecule has 0 saturated carbocycles. The maximum Gasteiger partial charge on any atom is 0.317 e. The number of hydrogen-bond acceptors (Lipinski definition) is 3. The minimum absolute atomic E-state index is 0.0631. The summed E-state index contributed by atoms with van der Waals surface area (Å²) in [6.45, 7) is 0.876. The van der Waals surface area contributed by atoms with E-state index in [2.05, 4.69) is 21.2 Å². The molecule has 0 aliphatic heterocycles. The van der Waals surface area contributed by atoms with Gasteiger partial charge in [0.2, 0.25) is 0 Å². The molecule has 0 aromatic heterocycles. The number of aliphatic carboxylic acids is 1. The number of halogens is 2. The molecule has 2 N–H and O–H groups in total. The Kier molecular flexibility index (Phi) is 6.24. The predicted octanol–water partition coefficient (Wildman–Crippen LogP) is 3.86. The summed E-state index contributed by atoms with van der Waals surface area (Å²) >= 11 is 9.30. The van der Waals surface area contributed by atoms with E-state index < -0.39 is 5.97 Å². The van der Waals surface area contributed by atoms with Crippen LogP contribution < -0.4 is 10.1 Å². The van der Waals surface area contributed by atoms with E-state index in [-0.39, 0.29) is 6.54 Å². The van der Waals surface area contributed by atoms with Crippen LogP contribution in [0.4, 0.5) is 0 Å². The molecule has 0 unspecified atom stereocenters. The van der Waals surface area contributed by atoms with E-state index in [0.29, 0.717) is 18.2 Å². The van der Waals surface area contributed by atoms with Crippen LogP contribution in [0.1, 0.15) is 11.1 Å². The highest BCUT2D eigenvalue weighted by Gasteiger charge is 2.04. The fraction of sp³-hybridized carbons (Fsp3) is 0.188. The van der Waals surface area contributed by atoms with Crippen LogP contribution in [-0.4, -0.2) is 17.6 Å². The minimum atomic E-state index is -0.873. The molecule has 116 valence electrons. The second-order valence-electron chi connectivity index (χ2n) is 4.68. The number of carboxylic acids is 1. The molecule has 0 aliphatic rings. The fourth-order valence-electron chi connectivity index (χ4n) is 1.83. The quantitative estimate of drug-likeness (QED) is 0.761. The Bertz CT molecular complexity index is 646. The molecule has 0 atom stereocenters. The molecule has 2 aromatic carbocycles. The molecule has 0 aliphatic carbocycles. The van der Waals surface area contributed by atoms with Crippen LogP contribution in [0.3, 0.4) is 0 Å². The van der Waals surface area contributed by atoms with Crippen LogP contribution >= 0.6 is 27.5 Å². The highest BCUT2D eigenvalue weighted by Crippen LogP contribution is 2.27. The van der Waals surface area contributed by atoms with Gasteiger partial charge in [-0.1, -0.05) is 29.8 Å². The van der Waals surface area contributed by atoms with Crippen LogP contribution in [0.25, 0.3) is 0 Å². The van der Waals surface area contributed by atoms with Crippen molar-refractivity contribution in [3.8, 4) is 5.75 Å². The molecule has 0 spiro atoms. The van der Waals surface area contributed by atoms with Crippen molar-refractivity contribution in [3.63, 3.8) is 0 Å². The molecule has 0 fully saturated rings. The summed E-state index contributed by atoms with van der Waals surface area (Å²) < 4.78 is 6.59. The first-order chi connectivity index (χ1) is 10.5. The zero-order valence-corrected chi connectivity index (χ0v) is 14.0. The molecule has 6 heteroatoms. The first kappa shape index (κ1) is 16.8. The standard InChI is InChI=1S/C16H15BrClNO3/c17-14-7-12(8-19-9-16(20)21)3-6-15(14)22-10-11-1-4-13(18)5-2-11/h1-7,19H,8-10H2,(H,20,21). The number of carboxylic acid groups (broad SMARTS) is 1. The Hall–Kier alpha value is -1.56. The molecule has 22 heavy (non-hydrogen) atoms. The average Bonchev–Trinajstić information content (AvgIpc) is 2.48. The number of rotatable bonds is 7. The number of nitrogens with one attached hydrogen (secondary N) is 1. The number of ether oxygens (including phenoxy) is 1. The Morgan fingerprint density at radius 1 is 1.18 bits per heavy atom. The van der Waals surface area contributed by atoms with Gasteiger partial charge in [0, 0.05) is 11.6 Å². The van der Waals surface area contributed by atoms with Crippen molar-refractivity contribution in [1.82, 2.24) is 5.32 Å². The van der Waals surface area contributed by atoms with Crippen molar-refractivity contribution in [1.29, 1.82) is 0 Å². The van der Waals surface area contributed by atoms with Crippen LogP contribution in [-0.2, 0) is 17.9 Å². The topological polar surface area (TPSA) is 58.6 Å². The summed E-state index contributed by atoms with van der Waals surface area (Å²) in [4.78, 5) is 10.5. The van der Waals surface area contributed by atoms with Crippen molar-refractivity contribution in [2.45, 2.75) is 13.2 Å². The molecular weight excluding hydrogens is 370 g/mol.